The Hall–Kier alpha value is -1.93. The maximum atomic E-state index is 8.66. The van der Waals surface area contributed by atoms with Gasteiger partial charge >= 0.3 is 0 Å². The summed E-state index contributed by atoms with van der Waals surface area (Å²) in [5, 5.41) is 8.66. The normalized spacial score (nSPS) is 9.64. The first kappa shape index (κ1) is 8.66. The van der Waals surface area contributed by atoms with Crippen LogP contribution in [-0.2, 0) is 0 Å². The van der Waals surface area contributed by atoms with Crippen molar-refractivity contribution >= 4 is 17.2 Å². The van der Waals surface area contributed by atoms with Crippen molar-refractivity contribution in [2.24, 2.45) is 0 Å². The highest BCUT2D eigenvalue weighted by Gasteiger charge is 2.03. The zero-order chi connectivity index (χ0) is 9.97. The van der Waals surface area contributed by atoms with Crippen LogP contribution in [0.25, 0.3) is 10.6 Å². The van der Waals surface area contributed by atoms with Gasteiger partial charge < -0.3 is 5.73 Å². The lowest BCUT2D eigenvalue weighted by Gasteiger charge is -1.95. The number of rotatable bonds is 1. The number of nitrogen functional groups attached to an aromatic ring is 1. The molecule has 0 aliphatic carbocycles. The zero-order valence-electron chi connectivity index (χ0n) is 7.14. The number of nitriles is 1. The Morgan fingerprint density at radius 1 is 1.36 bits per heavy atom. The van der Waals surface area contributed by atoms with E-state index in [1.807, 2.05) is 6.07 Å². The Morgan fingerprint density at radius 3 is 2.86 bits per heavy atom. The monoisotopic (exact) mass is 202 g/mol. The van der Waals surface area contributed by atoms with Crippen molar-refractivity contribution in [3.05, 3.63) is 29.4 Å². The van der Waals surface area contributed by atoms with Crippen LogP contribution in [0, 0.1) is 11.3 Å². The molecule has 14 heavy (non-hydrogen) atoms. The minimum atomic E-state index is 0.432. The molecule has 68 valence electrons. The SMILES string of the molecule is N#Cc1ccc(-c2cc(N)ncn2)s1. The average Bonchev–Trinajstić information content (AvgIpc) is 2.66. The predicted octanol–water partition coefficient (Wildman–Crippen LogP) is 1.66. The number of hydrogen-bond donors (Lipinski definition) is 1. The molecule has 2 rings (SSSR count). The Bertz CT molecular complexity index is 498. The van der Waals surface area contributed by atoms with E-state index in [-0.39, 0.29) is 0 Å². The van der Waals surface area contributed by atoms with E-state index in [1.165, 1.54) is 17.7 Å². The Kier molecular flexibility index (Phi) is 2.13. The molecule has 0 saturated carbocycles. The quantitative estimate of drug-likeness (QED) is 0.763. The van der Waals surface area contributed by atoms with Gasteiger partial charge in [-0.3, -0.25) is 0 Å². The van der Waals surface area contributed by atoms with Crippen molar-refractivity contribution < 1.29 is 0 Å². The average molecular weight is 202 g/mol. The Labute approximate surface area is 84.7 Å². The second-order valence-corrected chi connectivity index (χ2v) is 3.69. The fraction of sp³-hybridized carbons (Fsp3) is 0. The van der Waals surface area contributed by atoms with Gasteiger partial charge in [0.15, 0.2) is 0 Å². The van der Waals surface area contributed by atoms with Gasteiger partial charge in [0, 0.05) is 6.07 Å². The third-order valence-electron chi connectivity index (χ3n) is 1.66. The third-order valence-corrected chi connectivity index (χ3v) is 2.67. The summed E-state index contributed by atoms with van der Waals surface area (Å²) in [6.45, 7) is 0. The van der Waals surface area contributed by atoms with Crippen LogP contribution < -0.4 is 5.73 Å². The van der Waals surface area contributed by atoms with Crippen LogP contribution in [0.3, 0.4) is 0 Å². The fourth-order valence-electron chi connectivity index (χ4n) is 1.04. The van der Waals surface area contributed by atoms with Gasteiger partial charge in [-0.15, -0.1) is 11.3 Å². The van der Waals surface area contributed by atoms with Gasteiger partial charge in [-0.1, -0.05) is 0 Å². The van der Waals surface area contributed by atoms with Gasteiger partial charge in [0.25, 0.3) is 0 Å². The fourth-order valence-corrected chi connectivity index (χ4v) is 1.81. The van der Waals surface area contributed by atoms with Crippen molar-refractivity contribution in [2.45, 2.75) is 0 Å². The van der Waals surface area contributed by atoms with E-state index in [9.17, 15) is 0 Å². The summed E-state index contributed by atoms with van der Waals surface area (Å²) in [7, 11) is 0. The first-order chi connectivity index (χ1) is 6.79. The minimum absolute atomic E-state index is 0.432. The van der Waals surface area contributed by atoms with E-state index in [2.05, 4.69) is 16.0 Å². The first-order valence-corrected chi connectivity index (χ1v) is 4.69. The molecule has 2 aromatic heterocycles. The molecule has 2 aromatic rings. The molecule has 2 N–H and O–H groups in total. The molecular formula is C9H6N4S. The van der Waals surface area contributed by atoms with E-state index in [0.717, 1.165) is 10.6 Å². The van der Waals surface area contributed by atoms with Crippen molar-refractivity contribution in [3.8, 4) is 16.6 Å². The Balaban J connectivity index is 2.45. The summed E-state index contributed by atoms with van der Waals surface area (Å²) in [6.07, 6.45) is 1.41. The molecule has 0 aliphatic heterocycles. The summed E-state index contributed by atoms with van der Waals surface area (Å²) in [5.41, 5.74) is 6.28. The molecule has 0 unspecified atom stereocenters. The summed E-state index contributed by atoms with van der Waals surface area (Å²) in [4.78, 5) is 9.46. The van der Waals surface area contributed by atoms with Crippen LogP contribution in [0.5, 0.6) is 0 Å². The van der Waals surface area contributed by atoms with Crippen LogP contribution >= 0.6 is 11.3 Å². The lowest BCUT2D eigenvalue weighted by atomic mass is 10.3. The number of anilines is 1. The van der Waals surface area contributed by atoms with E-state index in [4.69, 9.17) is 11.0 Å². The van der Waals surface area contributed by atoms with Gasteiger partial charge in [-0.05, 0) is 12.1 Å². The largest absolute Gasteiger partial charge is 0.384 e. The highest BCUT2D eigenvalue weighted by molar-refractivity contribution is 7.15. The standard InChI is InChI=1S/C9H6N4S/c10-4-6-1-2-8(14-6)7-3-9(11)13-5-12-7/h1-3,5H,(H2,11,12,13). The van der Waals surface area contributed by atoms with Crippen molar-refractivity contribution in [3.63, 3.8) is 0 Å². The van der Waals surface area contributed by atoms with E-state index in [1.54, 1.807) is 12.1 Å². The lowest BCUT2D eigenvalue weighted by Crippen LogP contribution is -1.91. The molecule has 0 atom stereocenters. The minimum Gasteiger partial charge on any atom is -0.384 e. The molecule has 0 aromatic carbocycles. The number of aromatic nitrogens is 2. The van der Waals surface area contributed by atoms with Gasteiger partial charge in [0.2, 0.25) is 0 Å². The van der Waals surface area contributed by atoms with E-state index in [0.29, 0.717) is 10.7 Å². The molecule has 2 heterocycles. The molecule has 0 fully saturated rings. The van der Waals surface area contributed by atoms with Gasteiger partial charge in [-0.2, -0.15) is 5.26 Å². The molecule has 0 bridgehead atoms. The predicted molar refractivity (Wildman–Crippen MR) is 54.5 cm³/mol. The van der Waals surface area contributed by atoms with Crippen LogP contribution in [0.1, 0.15) is 4.88 Å². The molecule has 4 nitrogen and oxygen atoms in total. The van der Waals surface area contributed by atoms with Crippen molar-refractivity contribution in [2.75, 3.05) is 5.73 Å². The number of thiophene rings is 1. The maximum Gasteiger partial charge on any atom is 0.127 e. The highest BCUT2D eigenvalue weighted by Crippen LogP contribution is 2.26. The second kappa shape index (κ2) is 3.44. The lowest BCUT2D eigenvalue weighted by molar-refractivity contribution is 1.19. The van der Waals surface area contributed by atoms with E-state index < -0.39 is 0 Å². The smallest absolute Gasteiger partial charge is 0.127 e. The summed E-state index contributed by atoms with van der Waals surface area (Å²) in [6, 6.07) is 7.38. The number of hydrogen-bond acceptors (Lipinski definition) is 5. The first-order valence-electron chi connectivity index (χ1n) is 3.87. The second-order valence-electron chi connectivity index (χ2n) is 2.60. The molecule has 0 aliphatic rings. The number of nitrogens with zero attached hydrogens (tertiary/aromatic N) is 3. The van der Waals surface area contributed by atoms with Gasteiger partial charge in [0.1, 0.15) is 23.1 Å². The Morgan fingerprint density at radius 2 is 2.21 bits per heavy atom. The van der Waals surface area contributed by atoms with Crippen molar-refractivity contribution in [1.29, 1.82) is 5.26 Å². The third kappa shape index (κ3) is 1.56. The summed E-state index contributed by atoms with van der Waals surface area (Å²) in [5.74, 6) is 0.432. The maximum absolute atomic E-state index is 8.66. The zero-order valence-corrected chi connectivity index (χ0v) is 7.95. The summed E-state index contributed by atoms with van der Waals surface area (Å²) >= 11 is 1.39. The highest BCUT2D eigenvalue weighted by atomic mass is 32.1. The van der Waals surface area contributed by atoms with Crippen molar-refractivity contribution in [1.82, 2.24) is 9.97 Å². The molecule has 0 radical (unpaired) electrons. The van der Waals surface area contributed by atoms with Crippen LogP contribution in [0.4, 0.5) is 5.82 Å². The van der Waals surface area contributed by atoms with Crippen LogP contribution in [0.2, 0.25) is 0 Å². The molecule has 5 heteroatoms. The number of nitrogens with two attached hydrogens (primary N) is 1. The van der Waals surface area contributed by atoms with Gasteiger partial charge in [-0.25, -0.2) is 9.97 Å². The molecule has 0 saturated heterocycles. The molecule has 0 spiro atoms. The molecular weight excluding hydrogens is 196 g/mol. The summed E-state index contributed by atoms with van der Waals surface area (Å²) < 4.78 is 0. The van der Waals surface area contributed by atoms with Crippen LogP contribution in [-0.4, -0.2) is 9.97 Å². The topological polar surface area (TPSA) is 75.6 Å². The molecule has 0 amide bonds. The van der Waals surface area contributed by atoms with Gasteiger partial charge in [0.05, 0.1) is 10.6 Å². The van der Waals surface area contributed by atoms with E-state index >= 15 is 0 Å². The van der Waals surface area contributed by atoms with Crippen LogP contribution in [0.15, 0.2) is 24.5 Å².